The molecule has 0 aliphatic heterocycles. The Bertz CT molecular complexity index is 469. The minimum Gasteiger partial charge on any atom is -0.481 e. The van der Waals surface area contributed by atoms with E-state index in [1.165, 1.54) is 11.8 Å². The highest BCUT2D eigenvalue weighted by Crippen LogP contribution is 2.18. The van der Waals surface area contributed by atoms with E-state index in [0.29, 0.717) is 18.0 Å². The highest BCUT2D eigenvalue weighted by Gasteiger charge is 2.14. The van der Waals surface area contributed by atoms with Crippen LogP contribution in [0.1, 0.15) is 6.92 Å². The van der Waals surface area contributed by atoms with Crippen LogP contribution >= 0.6 is 27.7 Å². The summed E-state index contributed by atoms with van der Waals surface area (Å²) in [5.41, 5.74) is 0. The molecule has 5 nitrogen and oxygen atoms in total. The maximum absolute atomic E-state index is 11.8. The zero-order chi connectivity index (χ0) is 15.0. The first kappa shape index (κ1) is 16.8. The van der Waals surface area contributed by atoms with Crippen LogP contribution in [0.25, 0.3) is 0 Å². The summed E-state index contributed by atoms with van der Waals surface area (Å²) < 4.78 is 6.39. The molecule has 1 atom stereocenters. The topological polar surface area (TPSA) is 75.6 Å². The summed E-state index contributed by atoms with van der Waals surface area (Å²) >= 11 is 4.59. The number of thioether (sulfide) groups is 1. The molecule has 0 radical (unpaired) electrons. The highest BCUT2D eigenvalue weighted by molar-refractivity contribution is 9.10. The van der Waals surface area contributed by atoms with Crippen LogP contribution in [0.15, 0.2) is 28.7 Å². The Hall–Kier alpha value is -1.21. The third-order valence-corrected chi connectivity index (χ3v) is 3.69. The number of carboxylic acid groups (broad SMARTS) is 1. The van der Waals surface area contributed by atoms with E-state index in [-0.39, 0.29) is 11.7 Å². The van der Waals surface area contributed by atoms with Crippen LogP contribution < -0.4 is 10.1 Å². The second kappa shape index (κ2) is 8.86. The van der Waals surface area contributed by atoms with Crippen LogP contribution in [0.5, 0.6) is 5.75 Å². The van der Waals surface area contributed by atoms with E-state index in [9.17, 15) is 9.59 Å². The zero-order valence-corrected chi connectivity index (χ0v) is 13.4. The number of benzene rings is 1. The Labute approximate surface area is 130 Å². The fourth-order valence-corrected chi connectivity index (χ4v) is 2.29. The molecular formula is C13H16BrNO4S. The predicted octanol–water partition coefficient (Wildman–Crippen LogP) is 2.15. The molecule has 0 aliphatic carbocycles. The largest absolute Gasteiger partial charge is 0.481 e. The molecule has 0 bridgehead atoms. The molecule has 0 aromatic heterocycles. The molecule has 1 amide bonds. The first-order chi connectivity index (χ1) is 9.49. The molecule has 0 saturated carbocycles. The summed E-state index contributed by atoms with van der Waals surface area (Å²) in [6.07, 6.45) is -0.603. The summed E-state index contributed by atoms with van der Waals surface area (Å²) in [6, 6.07) is 7.26. The molecular weight excluding hydrogens is 346 g/mol. The summed E-state index contributed by atoms with van der Waals surface area (Å²) in [6.45, 7) is 2.09. The van der Waals surface area contributed by atoms with Crippen molar-refractivity contribution in [2.24, 2.45) is 0 Å². The average molecular weight is 362 g/mol. The van der Waals surface area contributed by atoms with Crippen LogP contribution in [0.3, 0.4) is 0 Å². The number of aliphatic carboxylic acids is 1. The maximum Gasteiger partial charge on any atom is 0.313 e. The average Bonchev–Trinajstić information content (AvgIpc) is 2.37. The molecule has 0 spiro atoms. The Morgan fingerprint density at radius 2 is 2.25 bits per heavy atom. The van der Waals surface area contributed by atoms with Crippen molar-refractivity contribution < 1.29 is 19.4 Å². The smallest absolute Gasteiger partial charge is 0.313 e. The monoisotopic (exact) mass is 361 g/mol. The normalized spacial score (nSPS) is 11.7. The molecule has 2 N–H and O–H groups in total. The van der Waals surface area contributed by atoms with E-state index >= 15 is 0 Å². The number of amides is 1. The zero-order valence-electron chi connectivity index (χ0n) is 11.0. The van der Waals surface area contributed by atoms with Gasteiger partial charge in [-0.25, -0.2) is 0 Å². The summed E-state index contributed by atoms with van der Waals surface area (Å²) in [5, 5.41) is 11.2. The Kier molecular flexibility index (Phi) is 7.46. The number of ether oxygens (including phenoxy) is 1. The molecule has 1 unspecified atom stereocenters. The van der Waals surface area contributed by atoms with Crippen molar-refractivity contribution in [3.63, 3.8) is 0 Å². The molecule has 20 heavy (non-hydrogen) atoms. The summed E-state index contributed by atoms with van der Waals surface area (Å²) in [5.74, 6) is 0.137. The molecule has 0 aliphatic rings. The van der Waals surface area contributed by atoms with Crippen molar-refractivity contribution in [3.8, 4) is 5.75 Å². The fourth-order valence-electron chi connectivity index (χ4n) is 1.35. The molecule has 0 fully saturated rings. The number of carbonyl (C=O) groups is 2. The fraction of sp³-hybridized carbons (Fsp3) is 0.385. The van der Waals surface area contributed by atoms with Gasteiger partial charge in [-0.2, -0.15) is 0 Å². The van der Waals surface area contributed by atoms with Gasteiger partial charge in [-0.15, -0.1) is 11.8 Å². The van der Waals surface area contributed by atoms with E-state index in [4.69, 9.17) is 9.84 Å². The molecule has 1 rings (SSSR count). The van der Waals surface area contributed by atoms with Crippen molar-refractivity contribution >= 4 is 39.6 Å². The van der Waals surface area contributed by atoms with Gasteiger partial charge >= 0.3 is 5.97 Å². The number of carbonyl (C=O) groups excluding carboxylic acids is 1. The van der Waals surface area contributed by atoms with E-state index in [1.807, 2.05) is 12.1 Å². The highest BCUT2D eigenvalue weighted by atomic mass is 79.9. The lowest BCUT2D eigenvalue weighted by Crippen LogP contribution is -2.37. The van der Waals surface area contributed by atoms with Crippen LogP contribution in [0.4, 0.5) is 0 Å². The van der Waals surface area contributed by atoms with E-state index in [1.54, 1.807) is 19.1 Å². The molecule has 110 valence electrons. The lowest BCUT2D eigenvalue weighted by molar-refractivity contribution is -0.134. The quantitative estimate of drug-likeness (QED) is 0.693. The van der Waals surface area contributed by atoms with Gasteiger partial charge in [-0.1, -0.05) is 22.0 Å². The lowest BCUT2D eigenvalue weighted by Gasteiger charge is -2.14. The number of hydrogen-bond acceptors (Lipinski definition) is 4. The van der Waals surface area contributed by atoms with E-state index in [2.05, 4.69) is 21.2 Å². The summed E-state index contributed by atoms with van der Waals surface area (Å²) in [7, 11) is 0. The van der Waals surface area contributed by atoms with E-state index < -0.39 is 12.1 Å². The Morgan fingerprint density at radius 3 is 2.90 bits per heavy atom. The van der Waals surface area contributed by atoms with Gasteiger partial charge in [0, 0.05) is 16.8 Å². The van der Waals surface area contributed by atoms with E-state index in [0.717, 1.165) is 4.47 Å². The molecule has 0 saturated heterocycles. The van der Waals surface area contributed by atoms with Crippen molar-refractivity contribution in [3.05, 3.63) is 28.7 Å². The first-order valence-corrected chi connectivity index (χ1v) is 7.93. The number of carboxylic acids is 1. The Morgan fingerprint density at radius 1 is 1.50 bits per heavy atom. The van der Waals surface area contributed by atoms with Crippen molar-refractivity contribution in [2.75, 3.05) is 18.1 Å². The van der Waals surface area contributed by atoms with Gasteiger partial charge in [-0.05, 0) is 25.1 Å². The van der Waals surface area contributed by atoms with Crippen molar-refractivity contribution in [1.29, 1.82) is 0 Å². The molecule has 1 aromatic rings. The Balaban J connectivity index is 2.27. The second-order valence-corrected chi connectivity index (χ2v) is 5.98. The van der Waals surface area contributed by atoms with Crippen molar-refractivity contribution in [2.45, 2.75) is 13.0 Å². The van der Waals surface area contributed by atoms with Gasteiger partial charge in [0.25, 0.3) is 5.91 Å². The van der Waals surface area contributed by atoms with Gasteiger partial charge in [0.05, 0.1) is 5.75 Å². The predicted molar refractivity (Wildman–Crippen MR) is 82.2 cm³/mol. The SMILES string of the molecule is CC(Oc1cccc(Br)c1)C(=O)NCCSCC(=O)O. The number of halogens is 1. The number of rotatable bonds is 8. The van der Waals surface area contributed by atoms with Gasteiger partial charge in [-0.3, -0.25) is 9.59 Å². The second-order valence-electron chi connectivity index (χ2n) is 3.95. The number of hydrogen-bond donors (Lipinski definition) is 2. The first-order valence-electron chi connectivity index (χ1n) is 5.98. The van der Waals surface area contributed by atoms with Crippen LogP contribution in [0, 0.1) is 0 Å². The van der Waals surface area contributed by atoms with Crippen molar-refractivity contribution in [1.82, 2.24) is 5.32 Å². The van der Waals surface area contributed by atoms with Gasteiger partial charge in [0.1, 0.15) is 5.75 Å². The minimum atomic E-state index is -0.854. The third kappa shape index (κ3) is 6.81. The minimum absolute atomic E-state index is 0.0416. The van der Waals surface area contributed by atoms with Crippen LogP contribution in [-0.4, -0.2) is 41.1 Å². The van der Waals surface area contributed by atoms with Gasteiger partial charge < -0.3 is 15.2 Å². The third-order valence-electron chi connectivity index (χ3n) is 2.25. The molecule has 0 heterocycles. The van der Waals surface area contributed by atoms with Crippen LogP contribution in [0.2, 0.25) is 0 Å². The maximum atomic E-state index is 11.8. The lowest BCUT2D eigenvalue weighted by atomic mass is 10.3. The standard InChI is InChI=1S/C13H16BrNO4S/c1-9(19-11-4-2-3-10(14)7-11)13(18)15-5-6-20-8-12(16)17/h2-4,7,9H,5-6,8H2,1H3,(H,15,18)(H,16,17). The van der Waals surface area contributed by atoms with Crippen LogP contribution in [-0.2, 0) is 9.59 Å². The summed E-state index contributed by atoms with van der Waals surface area (Å²) in [4.78, 5) is 22.1. The number of nitrogens with one attached hydrogen (secondary N) is 1. The molecule has 7 heteroatoms. The molecule has 1 aromatic carbocycles. The van der Waals surface area contributed by atoms with Gasteiger partial charge in [0.15, 0.2) is 6.10 Å². The van der Waals surface area contributed by atoms with Gasteiger partial charge in [0.2, 0.25) is 0 Å².